The zero-order valence-electron chi connectivity index (χ0n) is 35.7. The van der Waals surface area contributed by atoms with Crippen LogP contribution in [0.2, 0.25) is 0 Å². The number of halogens is 1. The molecule has 324 valence electrons. The lowest BCUT2D eigenvalue weighted by atomic mass is 9.96. The second kappa shape index (κ2) is 19.9. The maximum atomic E-state index is 14.8. The number of hydrogen-bond donors (Lipinski definition) is 4. The molecule has 4 N–H and O–H groups in total. The summed E-state index contributed by atoms with van der Waals surface area (Å²) in [7, 11) is 3.34. The van der Waals surface area contributed by atoms with Crippen LogP contribution in [-0.2, 0) is 23.9 Å². The molecule has 2 heterocycles. The lowest BCUT2D eigenvalue weighted by Gasteiger charge is -2.19. The molecular formula is C47H52FN6O8+. The number of amides is 5. The number of benzene rings is 3. The van der Waals surface area contributed by atoms with Crippen molar-refractivity contribution in [1.82, 2.24) is 20.5 Å². The molecule has 0 bridgehead atoms. The molecule has 0 fully saturated rings. The molecule has 1 aromatic heterocycles. The summed E-state index contributed by atoms with van der Waals surface area (Å²) in [6.45, 7) is 12.1. The van der Waals surface area contributed by atoms with Crippen molar-refractivity contribution in [2.24, 2.45) is 0 Å². The van der Waals surface area contributed by atoms with Gasteiger partial charge >= 0.3 is 6.09 Å². The number of nitrogens with zero attached hydrogens (tertiary/aromatic N) is 2. The topological polar surface area (TPSA) is 179 Å². The number of rotatable bonds is 18. The molecular weight excluding hydrogens is 796 g/mol. The molecule has 0 saturated carbocycles. The number of likely N-dealkylation sites (N-methyl/N-ethyl adjacent to an activating group) is 1. The molecule has 2 aliphatic rings. The fraction of sp³-hybridized carbons (Fsp3) is 0.340. The number of hydrogen-bond acceptors (Lipinski definition) is 9. The minimum Gasteiger partial charge on any atom is -0.448 e. The molecule has 6 rings (SSSR count). The lowest BCUT2D eigenvalue weighted by Crippen LogP contribution is -2.35. The summed E-state index contributed by atoms with van der Waals surface area (Å²) in [6, 6.07) is 14.2. The van der Waals surface area contributed by atoms with E-state index in [1.807, 2.05) is 6.07 Å². The highest BCUT2D eigenvalue weighted by molar-refractivity contribution is 6.41. The van der Waals surface area contributed by atoms with Gasteiger partial charge in [-0.05, 0) is 111 Å². The number of fused-ring (bicyclic) bond motifs is 4. The van der Waals surface area contributed by atoms with Crippen LogP contribution < -0.4 is 20.9 Å². The van der Waals surface area contributed by atoms with Crippen molar-refractivity contribution < 1.29 is 42.6 Å². The molecule has 0 spiro atoms. The molecule has 0 saturated heterocycles. The summed E-state index contributed by atoms with van der Waals surface area (Å²) >= 11 is 0. The molecule has 1 aliphatic carbocycles. The van der Waals surface area contributed by atoms with Crippen LogP contribution in [0, 0.1) is 26.8 Å². The van der Waals surface area contributed by atoms with Gasteiger partial charge in [0.25, 0.3) is 17.7 Å². The first-order chi connectivity index (χ1) is 29.8. The van der Waals surface area contributed by atoms with Gasteiger partial charge in [-0.25, -0.2) is 14.1 Å². The number of H-pyrrole nitrogens is 1. The molecule has 1 unspecified atom stereocenters. The van der Waals surface area contributed by atoms with Crippen LogP contribution in [0.25, 0.3) is 22.8 Å². The van der Waals surface area contributed by atoms with E-state index in [0.29, 0.717) is 75.5 Å². The van der Waals surface area contributed by atoms with Crippen LogP contribution in [-0.4, -0.2) is 91.3 Å². The highest BCUT2D eigenvalue weighted by atomic mass is 19.1. The van der Waals surface area contributed by atoms with E-state index >= 15 is 0 Å². The monoisotopic (exact) mass is 847 g/mol. The Labute approximate surface area is 360 Å². The smallest absolute Gasteiger partial charge is 0.421 e. The van der Waals surface area contributed by atoms with Crippen LogP contribution in [0.3, 0.4) is 0 Å². The van der Waals surface area contributed by atoms with Gasteiger partial charge in [0.05, 0.1) is 16.8 Å². The van der Waals surface area contributed by atoms with E-state index in [4.69, 9.17) is 9.47 Å². The normalized spacial score (nSPS) is 14.4. The van der Waals surface area contributed by atoms with Gasteiger partial charge in [0.15, 0.2) is 0 Å². The van der Waals surface area contributed by atoms with Crippen molar-refractivity contribution in [3.63, 3.8) is 0 Å². The van der Waals surface area contributed by atoms with Crippen molar-refractivity contribution in [3.05, 3.63) is 112 Å². The highest BCUT2D eigenvalue weighted by Crippen LogP contribution is 2.48. The highest BCUT2D eigenvalue weighted by Gasteiger charge is 2.40. The van der Waals surface area contributed by atoms with Crippen molar-refractivity contribution in [2.45, 2.75) is 59.8 Å². The van der Waals surface area contributed by atoms with Gasteiger partial charge in [0.2, 0.25) is 13.0 Å². The molecule has 62 heavy (non-hydrogen) atoms. The fourth-order valence-corrected chi connectivity index (χ4v) is 8.07. The van der Waals surface area contributed by atoms with E-state index in [1.165, 1.54) is 25.1 Å². The first kappa shape index (κ1) is 45.0. The number of aromatic nitrogens is 1. The number of anilines is 2. The number of ketones is 1. The second-order valence-electron chi connectivity index (χ2n) is 15.3. The summed E-state index contributed by atoms with van der Waals surface area (Å²) in [5.41, 5.74) is 5.84. The quantitative estimate of drug-likeness (QED) is 0.0470. The number of carbonyl (C=O) groups is 6. The Balaban J connectivity index is 1.28. The number of nitrogens with one attached hydrogen (secondary N) is 4. The predicted molar refractivity (Wildman–Crippen MR) is 234 cm³/mol. The van der Waals surface area contributed by atoms with Crippen molar-refractivity contribution >= 4 is 58.5 Å². The largest absolute Gasteiger partial charge is 0.448 e. The van der Waals surface area contributed by atoms with Crippen molar-refractivity contribution in [2.75, 3.05) is 56.2 Å². The molecule has 3 aromatic carbocycles. The zero-order valence-corrected chi connectivity index (χ0v) is 35.7. The molecule has 14 nitrogen and oxygen atoms in total. The second-order valence-corrected chi connectivity index (χ2v) is 15.3. The summed E-state index contributed by atoms with van der Waals surface area (Å²) < 4.78 is 25.6. The van der Waals surface area contributed by atoms with E-state index in [9.17, 15) is 33.2 Å². The third kappa shape index (κ3) is 9.64. The zero-order chi connectivity index (χ0) is 44.7. The Kier molecular flexibility index (Phi) is 14.4. The number of aryl methyl sites for hydroxylation is 1. The van der Waals surface area contributed by atoms with Gasteiger partial charge in [0.1, 0.15) is 24.8 Å². The van der Waals surface area contributed by atoms with Crippen molar-refractivity contribution in [3.8, 4) is 11.1 Å². The van der Waals surface area contributed by atoms with E-state index in [2.05, 4.69) is 46.8 Å². The van der Waals surface area contributed by atoms with E-state index in [1.54, 1.807) is 44.2 Å². The average Bonchev–Trinajstić information content (AvgIpc) is 3.82. The van der Waals surface area contributed by atoms with Crippen molar-refractivity contribution in [1.29, 1.82) is 0 Å². The Morgan fingerprint density at radius 3 is 2.42 bits per heavy atom. The third-order valence-electron chi connectivity index (χ3n) is 11.2. The van der Waals surface area contributed by atoms with Crippen LogP contribution in [0.15, 0.2) is 54.6 Å². The molecule has 1 atom stereocenters. The summed E-state index contributed by atoms with van der Waals surface area (Å²) in [6.07, 6.45) is 1.32. The number of aromatic amines is 1. The standard InChI is InChI=1S/C47H51FN6O8/c1-7-53(8-2)21-19-49-45(58)42-28(4)39(51-29(42)5)25-37-36-23-30(48)15-18-40(36)54(46(37)59)47(60)62-26-38-32-12-10-13-34(44(57)50-20-22-61-6)43(32)33-17-16-31(24-35(33)38)52-41(56)14-9-11-27(3)55/h10,12-13,15-18,23-25,38H,6-9,11,14,19-22,26H2,1-5H3,(H3-,49,50,51,52,56,57,58,59)/p+1. The Hall–Kier alpha value is -6.58. The Morgan fingerprint density at radius 2 is 1.69 bits per heavy atom. The Morgan fingerprint density at radius 1 is 0.935 bits per heavy atom. The maximum absolute atomic E-state index is 14.8. The number of Topliss-reactive ketones (excluding diaryl/α,β-unsaturated/α-hetero) is 1. The van der Waals surface area contributed by atoms with E-state index in [-0.39, 0.29) is 72.9 Å². The summed E-state index contributed by atoms with van der Waals surface area (Å²) in [5, 5.41) is 8.67. The number of carbonyl (C=O) groups excluding carboxylic acids is 6. The molecule has 15 heteroatoms. The molecule has 1 aliphatic heterocycles. The molecule has 0 radical (unpaired) electrons. The van der Waals surface area contributed by atoms with Gasteiger partial charge in [0, 0.05) is 66.6 Å². The number of imide groups is 1. The maximum Gasteiger partial charge on any atom is 0.421 e. The number of ether oxygens (including phenoxy) is 2. The van der Waals surface area contributed by atoms with Gasteiger partial charge in [-0.2, -0.15) is 4.74 Å². The summed E-state index contributed by atoms with van der Waals surface area (Å²) in [4.78, 5) is 85.5. The minimum absolute atomic E-state index is 0.00908. The lowest BCUT2D eigenvalue weighted by molar-refractivity contribution is -0.118. The fourth-order valence-electron chi connectivity index (χ4n) is 8.07. The van der Waals surface area contributed by atoms with Crippen LogP contribution >= 0.6 is 0 Å². The first-order valence-electron chi connectivity index (χ1n) is 20.7. The predicted octanol–water partition coefficient (Wildman–Crippen LogP) is 6.91. The van der Waals surface area contributed by atoms with Gasteiger partial charge < -0.3 is 35.4 Å². The molecule has 4 aromatic rings. The van der Waals surface area contributed by atoms with E-state index in [0.717, 1.165) is 24.1 Å². The first-order valence-corrected chi connectivity index (χ1v) is 20.7. The minimum atomic E-state index is -1.01. The van der Waals surface area contributed by atoms with Crippen LogP contribution in [0.5, 0.6) is 0 Å². The van der Waals surface area contributed by atoms with Crippen LogP contribution in [0.4, 0.5) is 20.6 Å². The van der Waals surface area contributed by atoms with Gasteiger partial charge in [-0.15, -0.1) is 0 Å². The van der Waals surface area contributed by atoms with Gasteiger partial charge in [-0.3, -0.25) is 19.2 Å². The Bertz CT molecular complexity index is 2440. The van der Waals surface area contributed by atoms with E-state index < -0.39 is 23.7 Å². The summed E-state index contributed by atoms with van der Waals surface area (Å²) in [5.74, 6) is -2.91. The SMILES string of the molecule is [CH2+]OCCNC(=O)c1cccc2c1-c1ccc(NC(=O)CCCC(C)=O)cc1C2COC(=O)N1C(=O)/C(=C\c2[nH]c(C)c(C(=O)NCCN(CC)CC)c2C)c2cc(F)ccc21. The third-order valence-corrected chi connectivity index (χ3v) is 11.2. The molecule has 5 amide bonds. The van der Waals surface area contributed by atoms with Crippen LogP contribution in [0.1, 0.15) is 100 Å². The average molecular weight is 848 g/mol. The van der Waals surface area contributed by atoms with Gasteiger partial charge in [-0.1, -0.05) is 32.0 Å².